The van der Waals surface area contributed by atoms with Gasteiger partial charge in [0.25, 0.3) is 11.6 Å². The second-order valence-corrected chi connectivity index (χ2v) is 10.5. The van der Waals surface area contributed by atoms with Gasteiger partial charge in [0.2, 0.25) is 0 Å². The number of pyridine rings is 1. The van der Waals surface area contributed by atoms with Crippen LogP contribution in [-0.4, -0.2) is 22.4 Å². The lowest BCUT2D eigenvalue weighted by molar-refractivity contribution is -0.384. The molecule has 8 heteroatoms. The molecule has 1 aliphatic carbocycles. The van der Waals surface area contributed by atoms with Crippen molar-refractivity contribution in [2.45, 2.75) is 46.1 Å². The number of hydrogen-bond acceptors (Lipinski definition) is 6. The number of aryl methyl sites for hydroxylation is 1. The number of nitrogens with one attached hydrogen (secondary N) is 1. The first-order valence-corrected chi connectivity index (χ1v) is 11.6. The molecule has 1 aliphatic rings. The number of carbonyl (C=O) groups is 1. The van der Waals surface area contributed by atoms with E-state index in [0.29, 0.717) is 16.4 Å². The Morgan fingerprint density at radius 1 is 1.34 bits per heavy atom. The van der Waals surface area contributed by atoms with Gasteiger partial charge in [-0.25, -0.2) is 4.98 Å². The zero-order chi connectivity index (χ0) is 23.0. The second-order valence-electron chi connectivity index (χ2n) is 9.52. The highest BCUT2D eigenvalue weighted by molar-refractivity contribution is 7.20. The van der Waals surface area contributed by atoms with Gasteiger partial charge < -0.3 is 11.1 Å². The molecule has 2 atom stereocenters. The van der Waals surface area contributed by atoms with Gasteiger partial charge in [-0.05, 0) is 53.9 Å². The Bertz CT molecular complexity index is 1180. The maximum atomic E-state index is 13.0. The fourth-order valence-corrected chi connectivity index (χ4v) is 5.27. The third-order valence-electron chi connectivity index (χ3n) is 6.35. The van der Waals surface area contributed by atoms with Crippen molar-refractivity contribution in [3.8, 4) is 0 Å². The molecule has 1 aromatic carbocycles. The number of hydrogen-bond donors (Lipinski definition) is 2. The molecular formula is C24H28N4O3S. The number of fused-ring (bicyclic) bond motifs is 2. The van der Waals surface area contributed by atoms with Gasteiger partial charge in [-0.15, -0.1) is 11.3 Å². The van der Waals surface area contributed by atoms with Crippen LogP contribution in [0.3, 0.4) is 0 Å². The van der Waals surface area contributed by atoms with Crippen LogP contribution >= 0.6 is 11.3 Å². The number of nitro groups is 1. The van der Waals surface area contributed by atoms with E-state index in [2.05, 4.69) is 32.2 Å². The van der Waals surface area contributed by atoms with Crippen molar-refractivity contribution in [3.63, 3.8) is 0 Å². The molecule has 0 saturated heterocycles. The van der Waals surface area contributed by atoms with E-state index in [1.807, 2.05) is 6.07 Å². The third-order valence-corrected chi connectivity index (χ3v) is 7.39. The Morgan fingerprint density at radius 2 is 2.12 bits per heavy atom. The molecule has 0 spiro atoms. The highest BCUT2D eigenvalue weighted by Gasteiger charge is 2.30. The lowest BCUT2D eigenvalue weighted by atomic mass is 9.71. The lowest BCUT2D eigenvalue weighted by Gasteiger charge is -2.34. The Morgan fingerprint density at radius 3 is 2.81 bits per heavy atom. The summed E-state index contributed by atoms with van der Waals surface area (Å²) in [4.78, 5) is 29.9. The van der Waals surface area contributed by atoms with Gasteiger partial charge in [0.15, 0.2) is 0 Å². The summed E-state index contributed by atoms with van der Waals surface area (Å²) in [6.07, 6.45) is 3.12. The minimum atomic E-state index is -0.513. The van der Waals surface area contributed by atoms with Crippen LogP contribution < -0.4 is 11.1 Å². The molecule has 32 heavy (non-hydrogen) atoms. The first-order valence-electron chi connectivity index (χ1n) is 10.8. The summed E-state index contributed by atoms with van der Waals surface area (Å²) >= 11 is 1.37. The molecule has 0 fully saturated rings. The number of non-ortho nitro benzene ring substituents is 1. The van der Waals surface area contributed by atoms with Crippen molar-refractivity contribution in [2.75, 3.05) is 6.54 Å². The number of carbonyl (C=O) groups excluding carboxylic acids is 1. The van der Waals surface area contributed by atoms with Crippen molar-refractivity contribution in [1.29, 1.82) is 0 Å². The van der Waals surface area contributed by atoms with E-state index in [-0.39, 0.29) is 23.6 Å². The molecule has 3 N–H and O–H groups in total. The Balaban J connectivity index is 1.56. The molecule has 1 unspecified atom stereocenters. The second kappa shape index (κ2) is 8.60. The van der Waals surface area contributed by atoms with Gasteiger partial charge >= 0.3 is 0 Å². The van der Waals surface area contributed by atoms with Gasteiger partial charge in [-0.1, -0.05) is 32.9 Å². The first kappa shape index (κ1) is 22.4. The summed E-state index contributed by atoms with van der Waals surface area (Å²) in [5, 5.41) is 15.0. The van der Waals surface area contributed by atoms with E-state index in [4.69, 9.17) is 10.7 Å². The maximum Gasteiger partial charge on any atom is 0.269 e. The molecule has 4 rings (SSSR count). The molecule has 0 saturated carbocycles. The molecule has 0 radical (unpaired) electrons. The molecule has 0 bridgehead atoms. The van der Waals surface area contributed by atoms with Crippen LogP contribution in [0.1, 0.15) is 59.7 Å². The fraction of sp³-hybridized carbons (Fsp3) is 0.417. The predicted molar refractivity (Wildman–Crippen MR) is 127 cm³/mol. The number of aromatic nitrogens is 1. The van der Waals surface area contributed by atoms with E-state index >= 15 is 0 Å². The number of nitro benzene ring substituents is 1. The van der Waals surface area contributed by atoms with Crippen LogP contribution in [-0.2, 0) is 12.8 Å². The van der Waals surface area contributed by atoms with Gasteiger partial charge in [-0.3, -0.25) is 14.9 Å². The predicted octanol–water partition coefficient (Wildman–Crippen LogP) is 4.79. The van der Waals surface area contributed by atoms with Gasteiger partial charge in [0.1, 0.15) is 4.83 Å². The summed E-state index contributed by atoms with van der Waals surface area (Å²) in [7, 11) is 0. The Kier molecular flexibility index (Phi) is 6.01. The zero-order valence-corrected chi connectivity index (χ0v) is 19.4. The highest BCUT2D eigenvalue weighted by Crippen LogP contribution is 2.38. The minimum absolute atomic E-state index is 0.0274. The highest BCUT2D eigenvalue weighted by atomic mass is 32.1. The van der Waals surface area contributed by atoms with Crippen LogP contribution in [0.2, 0.25) is 0 Å². The SMILES string of the molecule is CC(C)(C)C1CCc2nc3sc(C(=O)N[C@H](CN)c4cccc([N+](=O)[O-])c4)cc3cc2C1. The van der Waals surface area contributed by atoms with Gasteiger partial charge in [0, 0.05) is 29.8 Å². The first-order chi connectivity index (χ1) is 15.2. The van der Waals surface area contributed by atoms with E-state index < -0.39 is 11.0 Å². The normalized spacial score (nSPS) is 17.1. The van der Waals surface area contributed by atoms with Crippen LogP contribution in [0.15, 0.2) is 36.4 Å². The van der Waals surface area contributed by atoms with Crippen LogP contribution in [0.25, 0.3) is 10.2 Å². The van der Waals surface area contributed by atoms with E-state index in [1.165, 1.54) is 29.0 Å². The topological polar surface area (TPSA) is 111 Å². The number of rotatable bonds is 5. The van der Waals surface area contributed by atoms with Crippen LogP contribution in [0.4, 0.5) is 5.69 Å². The third kappa shape index (κ3) is 4.52. The molecule has 3 aromatic rings. The van der Waals surface area contributed by atoms with Gasteiger partial charge in [-0.2, -0.15) is 0 Å². The molecule has 168 valence electrons. The number of nitrogens with two attached hydrogens (primary N) is 1. The van der Waals surface area contributed by atoms with Crippen molar-refractivity contribution >= 4 is 33.1 Å². The summed E-state index contributed by atoms with van der Waals surface area (Å²) in [5.41, 5.74) is 9.14. The summed E-state index contributed by atoms with van der Waals surface area (Å²) in [6, 6.07) is 9.75. The summed E-state index contributed by atoms with van der Waals surface area (Å²) in [6.45, 7) is 7.00. The molecule has 7 nitrogen and oxygen atoms in total. The van der Waals surface area contributed by atoms with E-state index in [0.717, 1.165) is 35.2 Å². The van der Waals surface area contributed by atoms with Crippen LogP contribution in [0, 0.1) is 21.4 Å². The number of benzene rings is 1. The fourth-order valence-electron chi connectivity index (χ4n) is 4.34. The van der Waals surface area contributed by atoms with Gasteiger partial charge in [0.05, 0.1) is 15.8 Å². The monoisotopic (exact) mass is 452 g/mol. The average Bonchev–Trinajstić information content (AvgIpc) is 3.17. The summed E-state index contributed by atoms with van der Waals surface area (Å²) in [5.74, 6) is 0.372. The average molecular weight is 453 g/mol. The number of nitrogens with zero attached hydrogens (tertiary/aromatic N) is 2. The smallest absolute Gasteiger partial charge is 0.269 e. The van der Waals surface area contributed by atoms with E-state index in [9.17, 15) is 14.9 Å². The molecule has 1 amide bonds. The van der Waals surface area contributed by atoms with Crippen molar-refractivity contribution < 1.29 is 9.72 Å². The lowest BCUT2D eigenvalue weighted by Crippen LogP contribution is -2.33. The quantitative estimate of drug-likeness (QED) is 0.427. The Labute approximate surface area is 191 Å². The van der Waals surface area contributed by atoms with E-state index in [1.54, 1.807) is 12.1 Å². The van der Waals surface area contributed by atoms with Crippen molar-refractivity contribution in [2.24, 2.45) is 17.1 Å². The largest absolute Gasteiger partial charge is 0.343 e. The number of amides is 1. The summed E-state index contributed by atoms with van der Waals surface area (Å²) < 4.78 is 0. The maximum absolute atomic E-state index is 13.0. The standard InChI is InChI=1S/C24H28N4O3S/c1-24(2,3)17-7-8-19-15(10-17)9-16-12-21(32-23(16)27-19)22(29)26-20(13-25)14-5-4-6-18(11-14)28(30)31/h4-6,9,11-12,17,20H,7-8,10,13,25H2,1-3H3,(H,26,29)/t17?,20-/m1/s1. The Hall–Kier alpha value is -2.84. The van der Waals surface area contributed by atoms with Crippen LogP contribution in [0.5, 0.6) is 0 Å². The minimum Gasteiger partial charge on any atom is -0.343 e. The molecule has 0 aliphatic heterocycles. The number of thiophene rings is 1. The molecular weight excluding hydrogens is 424 g/mol. The zero-order valence-electron chi connectivity index (χ0n) is 18.6. The molecule has 2 aromatic heterocycles. The van der Waals surface area contributed by atoms with Crippen molar-refractivity contribution in [1.82, 2.24) is 10.3 Å². The van der Waals surface area contributed by atoms with Crippen molar-refractivity contribution in [3.05, 3.63) is 68.2 Å². The molecule has 2 heterocycles.